The second-order valence-corrected chi connectivity index (χ2v) is 10.4. The minimum absolute atomic E-state index is 0.187. The van der Waals surface area contributed by atoms with Gasteiger partial charge < -0.3 is 19.7 Å². The maximum atomic E-state index is 12.5. The van der Waals surface area contributed by atoms with Gasteiger partial charge >= 0.3 is 0 Å². The molecule has 3 fully saturated rings. The number of likely N-dealkylation sites (tertiary alicyclic amines) is 2. The van der Waals surface area contributed by atoms with Crippen molar-refractivity contribution < 1.29 is 10.2 Å². The number of rotatable bonds is 5. The molecular weight excluding hydrogens is 388 g/mol. The molecule has 1 saturated carbocycles. The summed E-state index contributed by atoms with van der Waals surface area (Å²) < 4.78 is 2.13. The molecule has 2 aliphatic carbocycles. The van der Waals surface area contributed by atoms with Gasteiger partial charge in [-0.05, 0) is 80.8 Å². The average molecular weight is 423 g/mol. The number of phenolic OH excluding ortho intramolecular Hbond substituents is 1. The van der Waals surface area contributed by atoms with E-state index in [4.69, 9.17) is 0 Å². The van der Waals surface area contributed by atoms with E-state index in [2.05, 4.69) is 25.4 Å². The van der Waals surface area contributed by atoms with Crippen molar-refractivity contribution in [1.29, 1.82) is 0 Å². The Balaban J connectivity index is 1.33. The van der Waals surface area contributed by atoms with Crippen LogP contribution in [0.25, 0.3) is 0 Å². The first-order valence-corrected chi connectivity index (χ1v) is 12.0. The zero-order chi connectivity index (χ0) is 21.1. The Morgan fingerprint density at radius 1 is 1.06 bits per heavy atom. The molecule has 1 aromatic heterocycles. The predicted octanol–water partition coefficient (Wildman–Crippen LogP) is 2.39. The highest BCUT2D eigenvalue weighted by Gasteiger charge is 2.63. The molecule has 0 radical (unpaired) electrons. The second kappa shape index (κ2) is 7.32. The van der Waals surface area contributed by atoms with Crippen LogP contribution in [0.3, 0.4) is 0 Å². The average Bonchev–Trinajstić information content (AvgIpc) is 3.46. The summed E-state index contributed by atoms with van der Waals surface area (Å²) in [6.07, 6.45) is 12.1. The number of imidazole rings is 1. The number of hydrogen-bond acceptors (Lipinski definition) is 5. The fraction of sp³-hybridized carbons (Fsp3) is 0.640. The van der Waals surface area contributed by atoms with E-state index in [9.17, 15) is 10.2 Å². The lowest BCUT2D eigenvalue weighted by molar-refractivity contribution is -0.149. The van der Waals surface area contributed by atoms with E-state index in [0.717, 1.165) is 70.9 Å². The number of benzene rings is 1. The van der Waals surface area contributed by atoms with Crippen LogP contribution < -0.4 is 0 Å². The first kappa shape index (κ1) is 19.8. The van der Waals surface area contributed by atoms with Crippen molar-refractivity contribution in [3.8, 4) is 5.75 Å². The molecule has 2 aliphatic heterocycles. The van der Waals surface area contributed by atoms with Gasteiger partial charge in [0.15, 0.2) is 0 Å². The molecule has 2 aromatic rings. The van der Waals surface area contributed by atoms with Crippen molar-refractivity contribution in [1.82, 2.24) is 19.4 Å². The van der Waals surface area contributed by atoms with Gasteiger partial charge in [-0.3, -0.25) is 4.90 Å². The minimum Gasteiger partial charge on any atom is -0.508 e. The molecule has 2 N–H and O–H groups in total. The van der Waals surface area contributed by atoms with E-state index in [1.54, 1.807) is 0 Å². The van der Waals surface area contributed by atoms with Crippen LogP contribution in [0.2, 0.25) is 0 Å². The summed E-state index contributed by atoms with van der Waals surface area (Å²) in [5, 5.41) is 22.8. The molecule has 2 saturated heterocycles. The molecule has 1 aromatic carbocycles. The van der Waals surface area contributed by atoms with Crippen LogP contribution in [0, 0.1) is 5.92 Å². The van der Waals surface area contributed by atoms with Gasteiger partial charge in [0.2, 0.25) is 0 Å². The number of aromatic hydroxyl groups is 1. The van der Waals surface area contributed by atoms with Gasteiger partial charge in [0.05, 0.1) is 11.9 Å². The summed E-state index contributed by atoms with van der Waals surface area (Å²) in [5.74, 6) is 1.16. The third-order valence-electron chi connectivity index (χ3n) is 8.76. The number of fused-ring (bicyclic) bond motifs is 1. The SMILES string of the molecule is Oc1ccc2c(c1)[C@@]13CCN(CCn4ccnc4)CC[C@@]1(O)[C@@H](C2)N(CC1CC1)CC3. The topological polar surface area (TPSA) is 64.8 Å². The van der Waals surface area contributed by atoms with Crippen molar-refractivity contribution in [3.63, 3.8) is 0 Å². The van der Waals surface area contributed by atoms with Crippen LogP contribution in [0.4, 0.5) is 0 Å². The standard InChI is InChI=1S/C25H34N4O2/c30-21-4-3-20-15-23-25(31)7-10-27(13-14-28-12-8-26-18-28)9-5-24(25,22(20)16-21)6-11-29(23)17-19-1-2-19/h3-4,8,12,16,18-19,23,30-31H,1-2,5-7,9-11,13-15,17H2/t23-,24+,25-/m1/s1. The molecule has 6 heteroatoms. The van der Waals surface area contributed by atoms with E-state index >= 15 is 0 Å². The first-order valence-electron chi connectivity index (χ1n) is 12.0. The van der Waals surface area contributed by atoms with Crippen LogP contribution in [-0.2, 0) is 18.4 Å². The zero-order valence-corrected chi connectivity index (χ0v) is 18.3. The van der Waals surface area contributed by atoms with Crippen molar-refractivity contribution in [2.75, 3.05) is 32.7 Å². The lowest BCUT2D eigenvalue weighted by Crippen LogP contribution is -2.71. The Labute approximate surface area is 184 Å². The number of piperidine rings is 1. The van der Waals surface area contributed by atoms with Crippen molar-refractivity contribution >= 4 is 0 Å². The first-order chi connectivity index (χ1) is 15.1. The van der Waals surface area contributed by atoms with E-state index in [1.165, 1.54) is 24.0 Å². The van der Waals surface area contributed by atoms with E-state index in [0.29, 0.717) is 5.75 Å². The lowest BCUT2D eigenvalue weighted by Gasteiger charge is -2.61. The summed E-state index contributed by atoms with van der Waals surface area (Å²) in [6.45, 7) is 6.02. The molecule has 166 valence electrons. The Kier molecular flexibility index (Phi) is 4.67. The van der Waals surface area contributed by atoms with Crippen molar-refractivity contribution in [2.45, 2.75) is 62.1 Å². The molecule has 6 nitrogen and oxygen atoms in total. The summed E-state index contributed by atoms with van der Waals surface area (Å²) in [5.41, 5.74) is 1.56. The van der Waals surface area contributed by atoms with E-state index < -0.39 is 5.60 Å². The number of nitrogens with zero attached hydrogens (tertiary/aromatic N) is 4. The highest BCUT2D eigenvalue weighted by Crippen LogP contribution is 2.56. The third-order valence-corrected chi connectivity index (χ3v) is 8.76. The fourth-order valence-electron chi connectivity index (χ4n) is 6.81. The number of phenols is 1. The molecule has 0 amide bonds. The highest BCUT2D eigenvalue weighted by molar-refractivity contribution is 5.48. The van der Waals surface area contributed by atoms with Gasteiger partial charge in [-0.15, -0.1) is 0 Å². The molecule has 0 spiro atoms. The Morgan fingerprint density at radius 3 is 2.71 bits per heavy atom. The monoisotopic (exact) mass is 422 g/mol. The third kappa shape index (κ3) is 3.22. The Hall–Kier alpha value is -1.89. The Morgan fingerprint density at radius 2 is 1.90 bits per heavy atom. The van der Waals surface area contributed by atoms with Crippen molar-refractivity contribution in [3.05, 3.63) is 48.0 Å². The van der Waals surface area contributed by atoms with Crippen LogP contribution in [0.15, 0.2) is 36.9 Å². The smallest absolute Gasteiger partial charge is 0.115 e. The normalized spacial score (nSPS) is 33.5. The van der Waals surface area contributed by atoms with Crippen molar-refractivity contribution in [2.24, 2.45) is 5.92 Å². The summed E-state index contributed by atoms with van der Waals surface area (Å²) in [6, 6.07) is 6.09. The molecular formula is C25H34N4O2. The maximum Gasteiger partial charge on any atom is 0.115 e. The molecule has 0 unspecified atom stereocenters. The zero-order valence-electron chi connectivity index (χ0n) is 18.3. The summed E-state index contributed by atoms with van der Waals surface area (Å²) in [7, 11) is 0. The molecule has 2 bridgehead atoms. The van der Waals surface area contributed by atoms with Gasteiger partial charge in [-0.1, -0.05) is 6.07 Å². The molecule has 6 rings (SSSR count). The van der Waals surface area contributed by atoms with Crippen LogP contribution in [-0.4, -0.2) is 73.9 Å². The Bertz CT molecular complexity index is 943. The van der Waals surface area contributed by atoms with Gasteiger partial charge in [0, 0.05) is 50.0 Å². The lowest BCUT2D eigenvalue weighted by atomic mass is 9.52. The van der Waals surface area contributed by atoms with Gasteiger partial charge in [0.1, 0.15) is 5.75 Å². The molecule has 4 aliphatic rings. The number of aromatic nitrogens is 2. The molecule has 31 heavy (non-hydrogen) atoms. The largest absolute Gasteiger partial charge is 0.508 e. The van der Waals surface area contributed by atoms with Crippen LogP contribution >= 0.6 is 0 Å². The second-order valence-electron chi connectivity index (χ2n) is 10.4. The van der Waals surface area contributed by atoms with Gasteiger partial charge in [-0.2, -0.15) is 0 Å². The molecule has 3 heterocycles. The van der Waals surface area contributed by atoms with E-state index in [-0.39, 0.29) is 11.5 Å². The van der Waals surface area contributed by atoms with E-state index in [1.807, 2.05) is 30.9 Å². The highest BCUT2D eigenvalue weighted by atomic mass is 16.3. The number of hydrogen-bond donors (Lipinski definition) is 2. The summed E-state index contributed by atoms with van der Waals surface area (Å²) >= 11 is 0. The maximum absolute atomic E-state index is 12.5. The van der Waals surface area contributed by atoms with Gasteiger partial charge in [0.25, 0.3) is 0 Å². The van der Waals surface area contributed by atoms with Crippen LogP contribution in [0.1, 0.15) is 43.2 Å². The number of aliphatic hydroxyl groups is 1. The minimum atomic E-state index is -0.731. The predicted molar refractivity (Wildman–Crippen MR) is 119 cm³/mol. The fourth-order valence-corrected chi connectivity index (χ4v) is 6.81. The van der Waals surface area contributed by atoms with Gasteiger partial charge in [-0.25, -0.2) is 4.98 Å². The molecule has 3 atom stereocenters. The quantitative estimate of drug-likeness (QED) is 0.775. The summed E-state index contributed by atoms with van der Waals surface area (Å²) in [4.78, 5) is 9.30. The van der Waals surface area contributed by atoms with Crippen LogP contribution in [0.5, 0.6) is 5.75 Å².